The van der Waals surface area contributed by atoms with E-state index in [1.54, 1.807) is 30.5 Å². The first kappa shape index (κ1) is 27.9. The maximum Gasteiger partial charge on any atom is 0.305 e. The summed E-state index contributed by atoms with van der Waals surface area (Å²) >= 11 is 0. The molecule has 0 aliphatic carbocycles. The van der Waals surface area contributed by atoms with E-state index >= 15 is 0 Å². The van der Waals surface area contributed by atoms with Crippen molar-refractivity contribution in [3.8, 4) is 5.75 Å². The number of aliphatic carboxylic acids is 1. The molecule has 2 aromatic heterocycles. The van der Waals surface area contributed by atoms with Crippen molar-refractivity contribution in [3.05, 3.63) is 108 Å². The molecule has 1 unspecified atom stereocenters. The van der Waals surface area contributed by atoms with Crippen molar-refractivity contribution < 1.29 is 23.8 Å². The number of amides is 1. The molecule has 40 heavy (non-hydrogen) atoms. The van der Waals surface area contributed by atoms with Gasteiger partial charge in [-0.3, -0.25) is 14.4 Å². The topological polar surface area (TPSA) is 136 Å². The minimum Gasteiger partial charge on any atom is -0.493 e. The summed E-state index contributed by atoms with van der Waals surface area (Å²) in [4.78, 5) is 41.5. The average Bonchev–Trinajstić information content (AvgIpc) is 3.38. The second-order valence-electron chi connectivity index (χ2n) is 9.14. The number of anilines is 1. The van der Waals surface area contributed by atoms with Crippen LogP contribution in [0.25, 0.3) is 16.7 Å². The van der Waals surface area contributed by atoms with E-state index in [1.807, 2.05) is 30.3 Å². The van der Waals surface area contributed by atoms with Crippen molar-refractivity contribution in [2.45, 2.75) is 31.8 Å². The van der Waals surface area contributed by atoms with Gasteiger partial charge in [0.2, 0.25) is 11.8 Å². The summed E-state index contributed by atoms with van der Waals surface area (Å²) in [6.07, 6.45) is 2.01. The van der Waals surface area contributed by atoms with Crippen LogP contribution in [0.1, 0.15) is 24.3 Å². The minimum absolute atomic E-state index is 0.0251. The number of fused-ring (bicyclic) bond motifs is 1. The monoisotopic (exact) mass is 542 g/mol. The number of rotatable bonds is 13. The average molecular weight is 543 g/mol. The number of methoxy groups -OCH3 is 1. The number of pyridine rings is 1. The maximum absolute atomic E-state index is 13.0. The number of ether oxygens (including phenoxy) is 1. The van der Waals surface area contributed by atoms with Gasteiger partial charge in [0.1, 0.15) is 11.2 Å². The molecule has 2 heterocycles. The van der Waals surface area contributed by atoms with Gasteiger partial charge in [0, 0.05) is 23.9 Å². The molecule has 2 aromatic carbocycles. The maximum atomic E-state index is 13.0. The van der Waals surface area contributed by atoms with E-state index in [0.29, 0.717) is 34.5 Å². The summed E-state index contributed by atoms with van der Waals surface area (Å²) in [5.41, 5.74) is 2.36. The van der Waals surface area contributed by atoms with E-state index in [4.69, 9.17) is 9.15 Å². The number of aryl methyl sites for hydroxylation is 1. The van der Waals surface area contributed by atoms with Crippen molar-refractivity contribution >= 4 is 34.2 Å². The third-order valence-electron chi connectivity index (χ3n) is 6.19. The first-order valence-corrected chi connectivity index (χ1v) is 12.6. The predicted octanol–water partition coefficient (Wildman–Crippen LogP) is 4.23. The Hall–Kier alpha value is -5.12. The molecule has 1 amide bonds. The number of oxazole rings is 1. The van der Waals surface area contributed by atoms with Crippen LogP contribution in [0.3, 0.4) is 0 Å². The van der Waals surface area contributed by atoms with E-state index in [2.05, 4.69) is 28.8 Å². The zero-order valence-corrected chi connectivity index (χ0v) is 22.1. The van der Waals surface area contributed by atoms with Crippen LogP contribution in [0.2, 0.25) is 0 Å². The number of benzene rings is 2. The number of allylic oxidation sites excluding steroid dienone is 1. The number of nitrogens with zero attached hydrogens (tertiary/aromatic N) is 2. The molecular formula is C30H30N4O6. The van der Waals surface area contributed by atoms with E-state index in [0.717, 1.165) is 5.56 Å². The Morgan fingerprint density at radius 2 is 1.88 bits per heavy atom. The molecule has 0 aliphatic heterocycles. The van der Waals surface area contributed by atoms with Crippen LogP contribution in [0.5, 0.6) is 5.75 Å². The summed E-state index contributed by atoms with van der Waals surface area (Å²) in [7, 11) is 1.51. The molecule has 0 saturated heterocycles. The van der Waals surface area contributed by atoms with E-state index < -0.39 is 17.6 Å². The summed E-state index contributed by atoms with van der Waals surface area (Å²) in [6, 6.07) is 17.2. The molecule has 4 rings (SSSR count). The Balaban J connectivity index is 1.44. The van der Waals surface area contributed by atoms with Crippen molar-refractivity contribution in [1.82, 2.24) is 14.9 Å². The van der Waals surface area contributed by atoms with Crippen LogP contribution >= 0.6 is 0 Å². The SMILES string of the molecule is C=C(Cn1cccc(NC(=O)CCc2ccccc2)c1=O)NC(CC(=O)O)C(=C)c1nc2cccc(OC)c2o1. The molecular weight excluding hydrogens is 512 g/mol. The molecule has 4 aromatic rings. The lowest BCUT2D eigenvalue weighted by Gasteiger charge is -2.21. The molecule has 0 saturated carbocycles. The second-order valence-corrected chi connectivity index (χ2v) is 9.14. The number of carboxylic acids is 1. The number of aromatic nitrogens is 2. The van der Waals surface area contributed by atoms with Gasteiger partial charge in [-0.15, -0.1) is 0 Å². The largest absolute Gasteiger partial charge is 0.493 e. The van der Waals surface area contributed by atoms with Crippen molar-refractivity contribution in [3.63, 3.8) is 0 Å². The Labute approximate surface area is 230 Å². The van der Waals surface area contributed by atoms with Crippen molar-refractivity contribution in [2.75, 3.05) is 12.4 Å². The number of carbonyl (C=O) groups excluding carboxylic acids is 1. The van der Waals surface area contributed by atoms with Gasteiger partial charge in [0.15, 0.2) is 11.3 Å². The van der Waals surface area contributed by atoms with E-state index in [1.165, 1.54) is 17.7 Å². The van der Waals surface area contributed by atoms with Gasteiger partial charge in [0.05, 0.1) is 26.1 Å². The Morgan fingerprint density at radius 1 is 1.10 bits per heavy atom. The summed E-state index contributed by atoms with van der Waals surface area (Å²) in [5.74, 6) is -0.702. The predicted molar refractivity (Wildman–Crippen MR) is 152 cm³/mol. The van der Waals surface area contributed by atoms with Gasteiger partial charge in [-0.25, -0.2) is 4.98 Å². The number of carboxylic acid groups (broad SMARTS) is 1. The van der Waals surface area contributed by atoms with Crippen molar-refractivity contribution in [1.29, 1.82) is 0 Å². The zero-order valence-electron chi connectivity index (χ0n) is 22.1. The first-order chi connectivity index (χ1) is 19.2. The van der Waals surface area contributed by atoms with Gasteiger partial charge in [0.25, 0.3) is 5.56 Å². The molecule has 0 bridgehead atoms. The third kappa shape index (κ3) is 6.84. The van der Waals surface area contributed by atoms with Crippen molar-refractivity contribution in [2.24, 2.45) is 0 Å². The lowest BCUT2D eigenvalue weighted by Crippen LogP contribution is -2.34. The highest BCUT2D eigenvalue weighted by Gasteiger charge is 2.23. The van der Waals surface area contributed by atoms with Crippen LogP contribution in [0.4, 0.5) is 5.69 Å². The highest BCUT2D eigenvalue weighted by molar-refractivity contribution is 5.90. The van der Waals surface area contributed by atoms with Crippen LogP contribution in [0, 0.1) is 0 Å². The quantitative estimate of drug-likeness (QED) is 0.228. The van der Waals surface area contributed by atoms with Crippen LogP contribution in [0.15, 0.2) is 94.9 Å². The smallest absolute Gasteiger partial charge is 0.305 e. The van der Waals surface area contributed by atoms with Gasteiger partial charge in [-0.1, -0.05) is 49.6 Å². The lowest BCUT2D eigenvalue weighted by atomic mass is 10.1. The molecule has 0 spiro atoms. The van der Waals surface area contributed by atoms with Gasteiger partial charge >= 0.3 is 5.97 Å². The normalized spacial score (nSPS) is 11.5. The van der Waals surface area contributed by atoms with Gasteiger partial charge in [-0.2, -0.15) is 0 Å². The number of carbonyl (C=O) groups is 2. The van der Waals surface area contributed by atoms with E-state index in [-0.39, 0.29) is 36.9 Å². The fraction of sp³-hybridized carbons (Fsp3) is 0.200. The summed E-state index contributed by atoms with van der Waals surface area (Å²) in [5, 5.41) is 15.2. The molecule has 206 valence electrons. The van der Waals surface area contributed by atoms with Crippen LogP contribution < -0.4 is 20.9 Å². The zero-order chi connectivity index (χ0) is 28.6. The standard InChI is InChI=1S/C30H30N4O6/c1-19(18-34-16-8-12-23(30(34)38)32-26(35)15-14-21-9-5-4-6-10-21)31-24(17-27(36)37)20(2)29-33-22-11-7-13-25(39-3)28(22)40-29/h4-13,16,24,31H,1-2,14-15,17-18H2,3H3,(H,32,35)(H,36,37). The molecule has 0 radical (unpaired) electrons. The van der Waals surface area contributed by atoms with Gasteiger partial charge < -0.3 is 29.5 Å². The number of hydrogen-bond acceptors (Lipinski definition) is 7. The summed E-state index contributed by atoms with van der Waals surface area (Å²) in [6.45, 7) is 8.01. The number of hydrogen-bond donors (Lipinski definition) is 3. The second kappa shape index (κ2) is 12.6. The van der Waals surface area contributed by atoms with Crippen LogP contribution in [-0.2, 0) is 22.6 Å². The molecule has 1 atom stereocenters. The van der Waals surface area contributed by atoms with Crippen LogP contribution in [-0.4, -0.2) is 39.7 Å². The molecule has 10 heteroatoms. The molecule has 3 N–H and O–H groups in total. The van der Waals surface area contributed by atoms with E-state index in [9.17, 15) is 19.5 Å². The third-order valence-corrected chi connectivity index (χ3v) is 6.19. The fourth-order valence-electron chi connectivity index (χ4n) is 4.18. The summed E-state index contributed by atoms with van der Waals surface area (Å²) < 4.78 is 12.5. The number of para-hydroxylation sites is 1. The minimum atomic E-state index is -1.07. The molecule has 0 fully saturated rings. The Kier molecular flexibility index (Phi) is 8.80. The molecule has 10 nitrogen and oxygen atoms in total. The number of nitrogens with one attached hydrogen (secondary N) is 2. The first-order valence-electron chi connectivity index (χ1n) is 12.6. The highest BCUT2D eigenvalue weighted by atomic mass is 16.5. The fourth-order valence-corrected chi connectivity index (χ4v) is 4.18. The molecule has 0 aliphatic rings. The Bertz CT molecular complexity index is 1610. The lowest BCUT2D eigenvalue weighted by molar-refractivity contribution is -0.137. The van der Waals surface area contributed by atoms with Gasteiger partial charge in [-0.05, 0) is 36.2 Å². The Morgan fingerprint density at radius 3 is 2.60 bits per heavy atom. The highest BCUT2D eigenvalue weighted by Crippen LogP contribution is 2.29.